The highest BCUT2D eigenvalue weighted by Crippen LogP contribution is 2.36. The molecule has 0 spiro atoms. The van der Waals surface area contributed by atoms with Crippen LogP contribution >= 0.6 is 0 Å². The molecule has 158 valence electrons. The molecule has 0 amide bonds. The second-order valence-corrected chi connectivity index (χ2v) is 7.69. The van der Waals surface area contributed by atoms with Gasteiger partial charge >= 0.3 is 0 Å². The smallest absolute Gasteiger partial charge is 0.174 e. The van der Waals surface area contributed by atoms with Crippen LogP contribution in [-0.2, 0) is 19.3 Å². The largest absolute Gasteiger partial charge is 0.206 e. The van der Waals surface area contributed by atoms with Crippen LogP contribution in [0.15, 0.2) is 42.5 Å². The van der Waals surface area contributed by atoms with Crippen molar-refractivity contribution in [1.29, 1.82) is 0 Å². The summed E-state index contributed by atoms with van der Waals surface area (Å²) in [6.07, 6.45) is 1.94. The Morgan fingerprint density at radius 2 is 1.58 bits per heavy atom. The fraction of sp³-hybridized carbons (Fsp3) is 0.231. The number of fused-ring (bicyclic) bond motifs is 1. The van der Waals surface area contributed by atoms with Crippen LogP contribution in [0.1, 0.15) is 52.6 Å². The van der Waals surface area contributed by atoms with E-state index >= 15 is 0 Å². The van der Waals surface area contributed by atoms with Gasteiger partial charge in [-0.2, -0.15) is 0 Å². The maximum absolute atomic E-state index is 14.6. The van der Waals surface area contributed by atoms with Crippen LogP contribution in [0, 0.1) is 40.9 Å². The van der Waals surface area contributed by atoms with Crippen LogP contribution in [0.25, 0.3) is 0 Å². The Bertz CT molecular complexity index is 1220. The lowest BCUT2D eigenvalue weighted by atomic mass is 9.79. The van der Waals surface area contributed by atoms with Crippen molar-refractivity contribution in [3.05, 3.63) is 105 Å². The average molecular weight is 426 g/mol. The number of halogens is 5. The molecule has 31 heavy (non-hydrogen) atoms. The van der Waals surface area contributed by atoms with Crippen LogP contribution < -0.4 is 0 Å². The molecule has 0 heterocycles. The quantitative estimate of drug-likeness (QED) is 0.319. The lowest BCUT2D eigenvalue weighted by Crippen LogP contribution is -2.16. The van der Waals surface area contributed by atoms with Gasteiger partial charge in [0.05, 0.1) is 11.1 Å². The number of aryl methyl sites for hydroxylation is 2. The fourth-order valence-electron chi connectivity index (χ4n) is 4.07. The normalized spacial score (nSPS) is 15.2. The molecule has 3 aromatic rings. The predicted molar refractivity (Wildman–Crippen MR) is 109 cm³/mol. The van der Waals surface area contributed by atoms with Gasteiger partial charge in [0.2, 0.25) is 0 Å². The highest BCUT2D eigenvalue weighted by Gasteiger charge is 2.25. The summed E-state index contributed by atoms with van der Waals surface area (Å²) in [6.45, 7) is 1.76. The van der Waals surface area contributed by atoms with E-state index in [1.807, 2.05) is 0 Å². The summed E-state index contributed by atoms with van der Waals surface area (Å²) in [4.78, 5) is 0. The molecule has 1 aliphatic rings. The monoisotopic (exact) mass is 426 g/mol. The van der Waals surface area contributed by atoms with Gasteiger partial charge in [-0.1, -0.05) is 37.0 Å². The van der Waals surface area contributed by atoms with E-state index in [4.69, 9.17) is 0 Å². The van der Waals surface area contributed by atoms with Crippen molar-refractivity contribution in [3.8, 4) is 11.8 Å². The van der Waals surface area contributed by atoms with E-state index in [1.54, 1.807) is 25.1 Å². The lowest BCUT2D eigenvalue weighted by molar-refractivity contribution is 0.468. The molecule has 1 atom stereocenters. The van der Waals surface area contributed by atoms with Crippen molar-refractivity contribution in [2.75, 3.05) is 0 Å². The highest BCUT2D eigenvalue weighted by atomic mass is 19.2. The highest BCUT2D eigenvalue weighted by molar-refractivity contribution is 5.48. The van der Waals surface area contributed by atoms with Crippen LogP contribution in [-0.4, -0.2) is 0 Å². The van der Waals surface area contributed by atoms with E-state index in [-0.39, 0.29) is 17.0 Å². The van der Waals surface area contributed by atoms with E-state index in [1.165, 1.54) is 18.2 Å². The summed E-state index contributed by atoms with van der Waals surface area (Å²) in [5.41, 5.74) is 2.17. The first kappa shape index (κ1) is 21.1. The molecule has 0 aliphatic heterocycles. The molecule has 0 radical (unpaired) electrons. The topological polar surface area (TPSA) is 0 Å². The standard InChI is InChI=1S/C26H19F5/c1-2-15-10-11-21(26(31)25(15)30)18-8-7-17-12-19(23(28)14-20(17)13-18)9-6-16-4-3-5-22(27)24(16)29/h3-5,10-12,14,18H,2,7-8,13H2,1H3. The molecule has 0 bridgehead atoms. The van der Waals surface area contributed by atoms with E-state index in [9.17, 15) is 22.0 Å². The maximum atomic E-state index is 14.6. The number of hydrogen-bond donors (Lipinski definition) is 0. The minimum absolute atomic E-state index is 0.0883. The third-order valence-corrected chi connectivity index (χ3v) is 5.81. The summed E-state index contributed by atoms with van der Waals surface area (Å²) < 4.78 is 70.5. The third-order valence-electron chi connectivity index (χ3n) is 5.81. The summed E-state index contributed by atoms with van der Waals surface area (Å²) in [7, 11) is 0. The van der Waals surface area contributed by atoms with Gasteiger partial charge in [-0.05, 0) is 78.1 Å². The van der Waals surface area contributed by atoms with Crippen LogP contribution in [0.5, 0.6) is 0 Å². The zero-order valence-electron chi connectivity index (χ0n) is 16.8. The van der Waals surface area contributed by atoms with Crippen molar-refractivity contribution in [1.82, 2.24) is 0 Å². The van der Waals surface area contributed by atoms with Crippen molar-refractivity contribution in [2.45, 2.75) is 38.5 Å². The Morgan fingerprint density at radius 1 is 0.806 bits per heavy atom. The minimum atomic E-state index is -1.07. The summed E-state index contributed by atoms with van der Waals surface area (Å²) >= 11 is 0. The van der Waals surface area contributed by atoms with E-state index in [0.717, 1.165) is 17.2 Å². The Morgan fingerprint density at radius 3 is 2.35 bits per heavy atom. The van der Waals surface area contributed by atoms with Gasteiger partial charge in [0.25, 0.3) is 0 Å². The van der Waals surface area contributed by atoms with E-state index < -0.39 is 29.1 Å². The summed E-state index contributed by atoms with van der Waals surface area (Å²) in [5, 5.41) is 0. The second kappa shape index (κ2) is 8.55. The molecule has 1 unspecified atom stereocenters. The Balaban J connectivity index is 1.62. The number of hydrogen-bond acceptors (Lipinski definition) is 0. The molecule has 5 heteroatoms. The van der Waals surface area contributed by atoms with Crippen molar-refractivity contribution >= 4 is 0 Å². The molecule has 0 nitrogen and oxygen atoms in total. The zero-order chi connectivity index (χ0) is 22.1. The maximum Gasteiger partial charge on any atom is 0.174 e. The third kappa shape index (κ3) is 4.07. The Labute approximate surface area is 177 Å². The van der Waals surface area contributed by atoms with E-state index in [2.05, 4.69) is 11.8 Å². The molecule has 0 saturated heterocycles. The van der Waals surface area contributed by atoms with Gasteiger partial charge in [0, 0.05) is 0 Å². The molecule has 4 rings (SSSR count). The first-order chi connectivity index (χ1) is 14.9. The SMILES string of the molecule is CCc1ccc(C2CCc3cc(C#Cc4cccc(F)c4F)c(F)cc3C2)c(F)c1F. The van der Waals surface area contributed by atoms with Gasteiger partial charge in [-0.25, -0.2) is 22.0 Å². The van der Waals surface area contributed by atoms with Crippen LogP contribution in [0.4, 0.5) is 22.0 Å². The van der Waals surface area contributed by atoms with Gasteiger partial charge in [-0.3, -0.25) is 0 Å². The first-order valence-corrected chi connectivity index (χ1v) is 10.1. The van der Waals surface area contributed by atoms with Crippen molar-refractivity contribution < 1.29 is 22.0 Å². The molecule has 0 aromatic heterocycles. The van der Waals surface area contributed by atoms with Crippen LogP contribution in [0.3, 0.4) is 0 Å². The molecule has 3 aromatic carbocycles. The van der Waals surface area contributed by atoms with Gasteiger partial charge in [-0.15, -0.1) is 0 Å². The average Bonchev–Trinajstić information content (AvgIpc) is 2.76. The Kier molecular flexibility index (Phi) is 5.82. The number of benzene rings is 3. The predicted octanol–water partition coefficient (Wildman–Crippen LogP) is 6.62. The molecule has 0 saturated carbocycles. The molecule has 1 aliphatic carbocycles. The lowest BCUT2D eigenvalue weighted by Gasteiger charge is -2.26. The Hall–Kier alpha value is -3.13. The minimum Gasteiger partial charge on any atom is -0.206 e. The van der Waals surface area contributed by atoms with Crippen LogP contribution in [0.2, 0.25) is 0 Å². The second-order valence-electron chi connectivity index (χ2n) is 7.69. The summed E-state index contributed by atoms with van der Waals surface area (Å²) in [6, 6.07) is 9.82. The van der Waals surface area contributed by atoms with Crippen molar-refractivity contribution in [2.24, 2.45) is 0 Å². The fourth-order valence-corrected chi connectivity index (χ4v) is 4.07. The van der Waals surface area contributed by atoms with Crippen molar-refractivity contribution in [3.63, 3.8) is 0 Å². The number of rotatable bonds is 2. The zero-order valence-corrected chi connectivity index (χ0v) is 16.8. The summed E-state index contributed by atoms with van der Waals surface area (Å²) in [5.74, 6) is 0.505. The van der Waals surface area contributed by atoms with Gasteiger partial charge < -0.3 is 0 Å². The molecule has 0 fully saturated rings. The molecular formula is C26H19F5. The molecule has 0 N–H and O–H groups in total. The molecular weight excluding hydrogens is 407 g/mol. The van der Waals surface area contributed by atoms with Gasteiger partial charge in [0.1, 0.15) is 5.82 Å². The van der Waals surface area contributed by atoms with E-state index in [0.29, 0.717) is 36.8 Å². The van der Waals surface area contributed by atoms with Gasteiger partial charge in [0.15, 0.2) is 23.3 Å². The first-order valence-electron chi connectivity index (χ1n) is 10.1.